The molecule has 1 aromatic rings. The molecule has 0 bridgehead atoms. The van der Waals surface area contributed by atoms with Gasteiger partial charge in [0.15, 0.2) is 17.3 Å². The first-order valence-corrected chi connectivity index (χ1v) is 8.93. The first-order valence-electron chi connectivity index (χ1n) is 8.93. The largest absolute Gasteiger partial charge is 0.507 e. The molecule has 0 amide bonds. The average molecular weight is 344 g/mol. The first kappa shape index (κ1) is 16.4. The van der Waals surface area contributed by atoms with Gasteiger partial charge in [0, 0.05) is 41.2 Å². The zero-order valence-electron chi connectivity index (χ0n) is 15.1. The third-order valence-electron chi connectivity index (χ3n) is 6.78. The van der Waals surface area contributed by atoms with Crippen molar-refractivity contribution in [3.05, 3.63) is 16.7 Å². The summed E-state index contributed by atoms with van der Waals surface area (Å²) < 4.78 is 5.73. The van der Waals surface area contributed by atoms with E-state index in [0.717, 1.165) is 0 Å². The Morgan fingerprint density at radius 2 is 1.76 bits per heavy atom. The Kier molecular flexibility index (Phi) is 3.14. The minimum atomic E-state index is -0.643. The van der Waals surface area contributed by atoms with Gasteiger partial charge < -0.3 is 14.9 Å². The van der Waals surface area contributed by atoms with Crippen molar-refractivity contribution in [3.8, 4) is 17.2 Å². The smallest absolute Gasteiger partial charge is 0.168 e. The Bertz CT molecular complexity index is 822. The Hall–Kier alpha value is -2.04. The summed E-state index contributed by atoms with van der Waals surface area (Å²) in [5.74, 6) is -0.0303. The lowest BCUT2D eigenvalue weighted by Gasteiger charge is -2.52. The van der Waals surface area contributed by atoms with E-state index in [1.54, 1.807) is 0 Å². The van der Waals surface area contributed by atoms with Crippen molar-refractivity contribution in [1.82, 2.24) is 0 Å². The van der Waals surface area contributed by atoms with Crippen LogP contribution in [-0.2, 0) is 16.6 Å². The molecule has 0 radical (unpaired) electrons. The highest BCUT2D eigenvalue weighted by Crippen LogP contribution is 2.61. The number of rotatable bonds is 0. The van der Waals surface area contributed by atoms with Crippen LogP contribution in [0, 0.1) is 11.3 Å². The molecule has 134 valence electrons. The van der Waals surface area contributed by atoms with Crippen molar-refractivity contribution >= 4 is 11.6 Å². The van der Waals surface area contributed by atoms with Crippen LogP contribution in [0.3, 0.4) is 0 Å². The lowest BCUT2D eigenvalue weighted by atomic mass is 9.49. The van der Waals surface area contributed by atoms with Crippen LogP contribution < -0.4 is 4.74 Å². The van der Waals surface area contributed by atoms with Crippen LogP contribution in [0.25, 0.3) is 0 Å². The van der Waals surface area contributed by atoms with Gasteiger partial charge in [-0.2, -0.15) is 0 Å². The van der Waals surface area contributed by atoms with Gasteiger partial charge in [0.1, 0.15) is 17.6 Å². The molecule has 4 rings (SSSR count). The van der Waals surface area contributed by atoms with E-state index in [1.807, 2.05) is 27.7 Å². The number of ether oxygens (including phenoxy) is 1. The summed E-state index contributed by atoms with van der Waals surface area (Å²) in [5.41, 5.74) is 0.0324. The van der Waals surface area contributed by atoms with Crippen molar-refractivity contribution in [1.29, 1.82) is 0 Å². The lowest BCUT2D eigenvalue weighted by Crippen LogP contribution is -2.53. The van der Waals surface area contributed by atoms with Crippen LogP contribution in [0.15, 0.2) is 0 Å². The van der Waals surface area contributed by atoms with Gasteiger partial charge in [-0.15, -0.1) is 0 Å². The Labute approximate surface area is 147 Å². The molecule has 2 aliphatic carbocycles. The van der Waals surface area contributed by atoms with Gasteiger partial charge in [-0.05, 0) is 19.3 Å². The molecule has 25 heavy (non-hydrogen) atoms. The molecule has 1 aromatic carbocycles. The van der Waals surface area contributed by atoms with Crippen molar-refractivity contribution in [2.45, 2.75) is 64.9 Å². The van der Waals surface area contributed by atoms with Gasteiger partial charge >= 0.3 is 0 Å². The fraction of sp³-hybridized carbons (Fsp3) is 0.600. The summed E-state index contributed by atoms with van der Waals surface area (Å²) in [7, 11) is 0. The fourth-order valence-electron chi connectivity index (χ4n) is 5.35. The maximum atomic E-state index is 12.9. The number of phenols is 2. The predicted octanol–water partition coefficient (Wildman–Crippen LogP) is 3.27. The molecule has 5 heteroatoms. The number of ketones is 2. The van der Waals surface area contributed by atoms with E-state index in [2.05, 4.69) is 0 Å². The van der Waals surface area contributed by atoms with Crippen LogP contribution in [-0.4, -0.2) is 27.9 Å². The minimum absolute atomic E-state index is 0.0298. The summed E-state index contributed by atoms with van der Waals surface area (Å²) >= 11 is 0. The van der Waals surface area contributed by atoms with Crippen LogP contribution in [0.1, 0.15) is 68.4 Å². The van der Waals surface area contributed by atoms with E-state index in [-0.39, 0.29) is 47.1 Å². The number of aromatic hydroxyl groups is 2. The monoisotopic (exact) mass is 344 g/mol. The number of fused-ring (bicyclic) bond motifs is 4. The molecule has 5 nitrogen and oxygen atoms in total. The maximum Gasteiger partial charge on any atom is 0.168 e. The number of Topliss-reactive ketones (excluding diaryl/α,β-unsaturated/α-hetero) is 2. The predicted molar refractivity (Wildman–Crippen MR) is 91.4 cm³/mol. The Balaban J connectivity index is 2.02. The molecule has 1 saturated carbocycles. The fourth-order valence-corrected chi connectivity index (χ4v) is 5.35. The number of carbonyl (C=O) groups is 2. The second-order valence-electron chi connectivity index (χ2n) is 8.63. The van der Waals surface area contributed by atoms with Gasteiger partial charge in [-0.3, -0.25) is 9.59 Å². The second-order valence-corrected chi connectivity index (χ2v) is 8.63. The number of hydrogen-bond donors (Lipinski definition) is 2. The van der Waals surface area contributed by atoms with Crippen molar-refractivity contribution in [2.24, 2.45) is 11.3 Å². The standard InChI is InChI=1S/C20H24O5/c1-9-7-10-16(23)14-11(21)8-12-19(2,3)13(22)5-6-20(12,4)15(14)17(24)18(10)25-9/h9,12,23-24H,5-8H2,1-4H3/t9-,12+,20-/m0/s1. The maximum absolute atomic E-state index is 12.9. The van der Waals surface area contributed by atoms with Crippen LogP contribution in [0.2, 0.25) is 0 Å². The number of hydrogen-bond acceptors (Lipinski definition) is 5. The third-order valence-corrected chi connectivity index (χ3v) is 6.78. The van der Waals surface area contributed by atoms with Gasteiger partial charge in [-0.1, -0.05) is 20.8 Å². The van der Waals surface area contributed by atoms with Gasteiger partial charge in [0.2, 0.25) is 0 Å². The minimum Gasteiger partial charge on any atom is -0.507 e. The van der Waals surface area contributed by atoms with Crippen molar-refractivity contribution in [3.63, 3.8) is 0 Å². The number of phenolic OH excluding ortho intramolecular Hbond substituents is 2. The molecule has 1 fully saturated rings. The molecule has 0 aromatic heterocycles. The lowest BCUT2D eigenvalue weighted by molar-refractivity contribution is -0.136. The molecule has 0 spiro atoms. The zero-order valence-corrected chi connectivity index (χ0v) is 15.1. The highest BCUT2D eigenvalue weighted by atomic mass is 16.5. The topological polar surface area (TPSA) is 83.8 Å². The third kappa shape index (κ3) is 1.89. The molecular formula is C20H24O5. The second kappa shape index (κ2) is 4.77. The number of benzene rings is 1. The van der Waals surface area contributed by atoms with Gasteiger partial charge in [0.05, 0.1) is 5.56 Å². The van der Waals surface area contributed by atoms with Crippen molar-refractivity contribution < 1.29 is 24.5 Å². The SMILES string of the molecule is C[C@H]1Cc2c(O)c3c(c(O)c2O1)[C@@]1(C)CCC(=O)C(C)(C)[C@H]1CC3=O. The summed E-state index contributed by atoms with van der Waals surface area (Å²) in [6, 6.07) is 0. The summed E-state index contributed by atoms with van der Waals surface area (Å²) in [4.78, 5) is 25.4. The normalized spacial score (nSPS) is 32.6. The van der Waals surface area contributed by atoms with Gasteiger partial charge in [-0.25, -0.2) is 0 Å². The average Bonchev–Trinajstić information content (AvgIpc) is 2.93. The molecule has 1 aliphatic heterocycles. The van der Waals surface area contributed by atoms with Crippen LogP contribution >= 0.6 is 0 Å². The molecule has 3 aliphatic rings. The van der Waals surface area contributed by atoms with E-state index >= 15 is 0 Å². The molecule has 1 heterocycles. The van der Waals surface area contributed by atoms with Crippen LogP contribution in [0.4, 0.5) is 0 Å². The zero-order chi connectivity index (χ0) is 18.3. The van der Waals surface area contributed by atoms with Crippen LogP contribution in [0.5, 0.6) is 17.2 Å². The highest BCUT2D eigenvalue weighted by molar-refractivity contribution is 6.05. The van der Waals surface area contributed by atoms with E-state index in [9.17, 15) is 19.8 Å². The Morgan fingerprint density at radius 3 is 2.44 bits per heavy atom. The summed E-state index contributed by atoms with van der Waals surface area (Å²) in [6.07, 6.45) is 1.49. The number of carbonyl (C=O) groups excluding carboxylic acids is 2. The first-order chi connectivity index (χ1) is 11.6. The van der Waals surface area contributed by atoms with Crippen molar-refractivity contribution in [2.75, 3.05) is 0 Å². The molecule has 0 saturated heterocycles. The Morgan fingerprint density at radius 1 is 1.08 bits per heavy atom. The van der Waals surface area contributed by atoms with Gasteiger partial charge in [0.25, 0.3) is 0 Å². The molecule has 0 unspecified atom stereocenters. The highest BCUT2D eigenvalue weighted by Gasteiger charge is 2.57. The van der Waals surface area contributed by atoms with E-state index in [1.165, 1.54) is 0 Å². The molecular weight excluding hydrogens is 320 g/mol. The summed E-state index contributed by atoms with van der Waals surface area (Å²) in [5, 5.41) is 21.8. The van der Waals surface area contributed by atoms with E-state index in [4.69, 9.17) is 4.74 Å². The summed E-state index contributed by atoms with van der Waals surface area (Å²) in [6.45, 7) is 7.64. The molecule has 2 N–H and O–H groups in total. The van der Waals surface area contributed by atoms with E-state index in [0.29, 0.717) is 36.1 Å². The van der Waals surface area contributed by atoms with E-state index < -0.39 is 10.8 Å². The molecule has 3 atom stereocenters. The quantitative estimate of drug-likeness (QED) is 0.706.